The summed E-state index contributed by atoms with van der Waals surface area (Å²) >= 11 is 1.62. The van der Waals surface area contributed by atoms with Gasteiger partial charge in [-0.2, -0.15) is 0 Å². The van der Waals surface area contributed by atoms with Crippen molar-refractivity contribution in [1.29, 1.82) is 0 Å². The Hall–Kier alpha value is -0.300. The summed E-state index contributed by atoms with van der Waals surface area (Å²) in [6.45, 7) is 2.87. The van der Waals surface area contributed by atoms with E-state index in [1.165, 1.54) is 0 Å². The average molecular weight is 260 g/mol. The van der Waals surface area contributed by atoms with Crippen molar-refractivity contribution in [2.45, 2.75) is 43.3 Å². The van der Waals surface area contributed by atoms with E-state index in [1.54, 1.807) is 11.8 Å². The molecular weight excluding hydrogens is 240 g/mol. The van der Waals surface area contributed by atoms with Gasteiger partial charge < -0.3 is 20.6 Å². The molecule has 0 spiro atoms. The van der Waals surface area contributed by atoms with Gasteiger partial charge in [-0.1, -0.05) is 18.7 Å². The highest BCUT2D eigenvalue weighted by Crippen LogP contribution is 2.39. The molecule has 6 heteroatoms. The molecule has 0 bridgehead atoms. The SMILES string of the molecule is CCCNC1=NC2C(CC(CO)C(O)C2O)S1. The fraction of sp³-hybridized carbons (Fsp3) is 0.909. The van der Waals surface area contributed by atoms with Crippen molar-refractivity contribution in [1.82, 2.24) is 5.32 Å². The third-order valence-corrected chi connectivity index (χ3v) is 4.64. The molecule has 1 saturated carbocycles. The van der Waals surface area contributed by atoms with E-state index in [0.717, 1.165) is 18.1 Å². The third-order valence-electron chi connectivity index (χ3n) is 3.39. The van der Waals surface area contributed by atoms with Gasteiger partial charge in [0.05, 0.1) is 12.1 Å². The summed E-state index contributed by atoms with van der Waals surface area (Å²) in [5, 5.41) is 33.2. The number of amidine groups is 1. The minimum absolute atomic E-state index is 0.0836. The zero-order chi connectivity index (χ0) is 12.4. The Morgan fingerprint density at radius 2 is 2.18 bits per heavy atom. The molecule has 17 heavy (non-hydrogen) atoms. The van der Waals surface area contributed by atoms with Gasteiger partial charge in [-0.15, -0.1) is 0 Å². The van der Waals surface area contributed by atoms with E-state index in [-0.39, 0.29) is 23.8 Å². The minimum atomic E-state index is -0.865. The molecule has 2 rings (SSSR count). The van der Waals surface area contributed by atoms with Crippen LogP contribution in [0.4, 0.5) is 0 Å². The molecule has 1 aliphatic carbocycles. The highest BCUT2D eigenvalue weighted by atomic mass is 32.2. The number of hydrogen-bond donors (Lipinski definition) is 4. The number of aliphatic hydroxyl groups is 3. The Bertz CT molecular complexity index is 300. The van der Waals surface area contributed by atoms with Gasteiger partial charge in [-0.05, 0) is 12.8 Å². The Morgan fingerprint density at radius 3 is 2.82 bits per heavy atom. The summed E-state index contributed by atoms with van der Waals surface area (Å²) in [4.78, 5) is 4.42. The molecule has 1 fully saturated rings. The van der Waals surface area contributed by atoms with Gasteiger partial charge in [-0.3, -0.25) is 4.99 Å². The van der Waals surface area contributed by atoms with E-state index in [0.29, 0.717) is 6.42 Å². The molecule has 4 N–H and O–H groups in total. The zero-order valence-electron chi connectivity index (χ0n) is 9.91. The van der Waals surface area contributed by atoms with E-state index in [9.17, 15) is 15.3 Å². The average Bonchev–Trinajstić information content (AvgIpc) is 2.74. The lowest BCUT2D eigenvalue weighted by Gasteiger charge is -2.37. The van der Waals surface area contributed by atoms with Crippen LogP contribution in [0.1, 0.15) is 19.8 Å². The normalized spacial score (nSPS) is 40.9. The van der Waals surface area contributed by atoms with Crippen molar-refractivity contribution in [2.24, 2.45) is 10.9 Å². The van der Waals surface area contributed by atoms with Crippen LogP contribution in [0, 0.1) is 5.92 Å². The zero-order valence-corrected chi connectivity index (χ0v) is 10.7. The van der Waals surface area contributed by atoms with Gasteiger partial charge in [-0.25, -0.2) is 0 Å². The van der Waals surface area contributed by atoms with Crippen molar-refractivity contribution in [3.63, 3.8) is 0 Å². The molecule has 0 aromatic carbocycles. The monoisotopic (exact) mass is 260 g/mol. The number of hydrogen-bond acceptors (Lipinski definition) is 6. The largest absolute Gasteiger partial charge is 0.396 e. The van der Waals surface area contributed by atoms with Crippen LogP contribution in [-0.4, -0.2) is 57.1 Å². The lowest BCUT2D eigenvalue weighted by atomic mass is 9.81. The summed E-state index contributed by atoms with van der Waals surface area (Å²) in [5.41, 5.74) is 0. The van der Waals surface area contributed by atoms with Crippen LogP contribution in [0.2, 0.25) is 0 Å². The van der Waals surface area contributed by atoms with Gasteiger partial charge >= 0.3 is 0 Å². The highest BCUT2D eigenvalue weighted by Gasteiger charge is 2.46. The van der Waals surface area contributed by atoms with Gasteiger partial charge in [0, 0.05) is 24.3 Å². The van der Waals surface area contributed by atoms with Gasteiger partial charge in [0.2, 0.25) is 0 Å². The Balaban J connectivity index is 2.01. The van der Waals surface area contributed by atoms with Crippen molar-refractivity contribution in [2.75, 3.05) is 13.2 Å². The first-order valence-electron chi connectivity index (χ1n) is 6.12. The maximum atomic E-state index is 9.98. The van der Waals surface area contributed by atoms with Crippen molar-refractivity contribution in [3.05, 3.63) is 0 Å². The molecule has 98 valence electrons. The van der Waals surface area contributed by atoms with Crippen molar-refractivity contribution < 1.29 is 15.3 Å². The first-order valence-corrected chi connectivity index (χ1v) is 7.00. The van der Waals surface area contributed by atoms with Crippen LogP contribution < -0.4 is 5.32 Å². The number of rotatable bonds is 3. The summed E-state index contributed by atoms with van der Waals surface area (Å²) < 4.78 is 0. The Labute approximate surface area is 105 Å². The summed E-state index contributed by atoms with van der Waals surface area (Å²) in [6.07, 6.45) is -0.0000230. The molecule has 0 aromatic rings. The molecule has 0 radical (unpaired) electrons. The second-order valence-corrected chi connectivity index (χ2v) is 5.90. The lowest BCUT2D eigenvalue weighted by molar-refractivity contribution is -0.0646. The fourth-order valence-electron chi connectivity index (χ4n) is 2.37. The summed E-state index contributed by atoms with van der Waals surface area (Å²) in [7, 11) is 0. The summed E-state index contributed by atoms with van der Waals surface area (Å²) in [5.74, 6) is -0.237. The molecule has 0 saturated heterocycles. The van der Waals surface area contributed by atoms with Gasteiger partial charge in [0.25, 0.3) is 0 Å². The predicted molar refractivity (Wildman–Crippen MR) is 68.1 cm³/mol. The molecule has 5 atom stereocenters. The van der Waals surface area contributed by atoms with Crippen LogP contribution in [0.5, 0.6) is 0 Å². The van der Waals surface area contributed by atoms with E-state index < -0.39 is 12.2 Å². The number of fused-ring (bicyclic) bond motifs is 1. The van der Waals surface area contributed by atoms with E-state index in [2.05, 4.69) is 17.2 Å². The van der Waals surface area contributed by atoms with Crippen LogP contribution in [0.25, 0.3) is 0 Å². The number of thioether (sulfide) groups is 1. The van der Waals surface area contributed by atoms with Gasteiger partial charge in [0.1, 0.15) is 6.10 Å². The molecule has 1 aliphatic heterocycles. The summed E-state index contributed by atoms with van der Waals surface area (Å²) in [6, 6.07) is -0.239. The number of nitrogens with one attached hydrogen (secondary N) is 1. The molecule has 5 nitrogen and oxygen atoms in total. The van der Waals surface area contributed by atoms with Crippen LogP contribution in [-0.2, 0) is 0 Å². The van der Waals surface area contributed by atoms with Crippen molar-refractivity contribution in [3.8, 4) is 0 Å². The number of aliphatic imine (C=N–C) groups is 1. The first-order chi connectivity index (χ1) is 8.17. The topological polar surface area (TPSA) is 85.1 Å². The lowest BCUT2D eigenvalue weighted by Crippen LogP contribution is -2.51. The van der Waals surface area contributed by atoms with E-state index in [4.69, 9.17) is 0 Å². The standard InChI is InChI=1S/C11H20N2O3S/c1-2-3-12-11-13-8-7(17-11)4-6(5-14)9(15)10(8)16/h6-10,14-16H,2-5H2,1H3,(H,12,13). The maximum absolute atomic E-state index is 9.98. The Kier molecular flexibility index (Phi) is 4.30. The second kappa shape index (κ2) is 5.56. The van der Waals surface area contributed by atoms with Crippen LogP contribution >= 0.6 is 11.8 Å². The highest BCUT2D eigenvalue weighted by molar-refractivity contribution is 8.14. The van der Waals surface area contributed by atoms with E-state index >= 15 is 0 Å². The second-order valence-electron chi connectivity index (χ2n) is 4.67. The molecule has 2 aliphatic rings. The third kappa shape index (κ3) is 2.59. The number of nitrogens with zero attached hydrogens (tertiary/aromatic N) is 1. The van der Waals surface area contributed by atoms with E-state index in [1.807, 2.05) is 0 Å². The maximum Gasteiger partial charge on any atom is 0.157 e. The molecule has 0 aromatic heterocycles. The molecule has 5 unspecified atom stereocenters. The molecule has 1 heterocycles. The van der Waals surface area contributed by atoms with Crippen LogP contribution in [0.3, 0.4) is 0 Å². The molecular formula is C11H20N2O3S. The molecule has 0 amide bonds. The number of aliphatic hydroxyl groups excluding tert-OH is 3. The van der Waals surface area contributed by atoms with Crippen LogP contribution in [0.15, 0.2) is 4.99 Å². The first kappa shape index (κ1) is 13.1. The van der Waals surface area contributed by atoms with Gasteiger partial charge in [0.15, 0.2) is 5.17 Å². The Morgan fingerprint density at radius 1 is 1.41 bits per heavy atom. The predicted octanol–water partition coefficient (Wildman–Crippen LogP) is -0.440. The fourth-order valence-corrected chi connectivity index (χ4v) is 3.73. The minimum Gasteiger partial charge on any atom is -0.396 e. The quantitative estimate of drug-likeness (QED) is 0.553. The van der Waals surface area contributed by atoms with Crippen molar-refractivity contribution >= 4 is 16.9 Å². The smallest absolute Gasteiger partial charge is 0.157 e.